The Labute approximate surface area is 189 Å². The highest BCUT2D eigenvalue weighted by Crippen LogP contribution is 2.17. The normalized spacial score (nSPS) is 12.2. The lowest BCUT2D eigenvalue weighted by Crippen LogP contribution is -2.14. The third-order valence-corrected chi connectivity index (χ3v) is 4.88. The maximum Gasteiger partial charge on any atom is 0.108 e. The molecule has 30 heavy (non-hydrogen) atoms. The standard InChI is InChI=1S/C24H26Cl2N2O2/c25-27-23(21-11-5-3-6-12-21)15-19-29-17-9-1-2-10-18-30-20-16-24(28-26)22-13-7-4-8-14-22/h3-8,11-14,23-24,27-28H,15-20H2/t23-,24-/m1/s1. The summed E-state index contributed by atoms with van der Waals surface area (Å²) in [6.45, 7) is 1.78. The molecule has 2 N–H and O–H groups in total. The number of halogens is 2. The molecule has 0 saturated heterocycles. The van der Waals surface area contributed by atoms with E-state index in [2.05, 4.69) is 33.4 Å². The van der Waals surface area contributed by atoms with E-state index in [1.165, 1.54) is 0 Å². The van der Waals surface area contributed by atoms with Crippen molar-refractivity contribution in [2.45, 2.75) is 24.9 Å². The van der Waals surface area contributed by atoms with E-state index in [4.69, 9.17) is 33.0 Å². The molecule has 0 radical (unpaired) electrons. The molecule has 0 aliphatic rings. The molecule has 2 aromatic rings. The Balaban J connectivity index is 1.54. The minimum absolute atomic E-state index is 0.0493. The Bertz CT molecular complexity index is 755. The molecule has 0 unspecified atom stereocenters. The second kappa shape index (κ2) is 15.8. The van der Waals surface area contributed by atoms with Crippen molar-refractivity contribution >= 4 is 23.6 Å². The van der Waals surface area contributed by atoms with E-state index in [0.717, 1.165) is 24.0 Å². The molecule has 0 fully saturated rings. The monoisotopic (exact) mass is 444 g/mol. The van der Waals surface area contributed by atoms with Crippen molar-refractivity contribution < 1.29 is 9.47 Å². The van der Waals surface area contributed by atoms with Crippen molar-refractivity contribution in [1.29, 1.82) is 0 Å². The van der Waals surface area contributed by atoms with Crippen molar-refractivity contribution in [2.24, 2.45) is 0 Å². The Morgan fingerprint density at radius 3 is 1.43 bits per heavy atom. The molecule has 0 amide bonds. The SMILES string of the molecule is ClN[C@H](CCOCC#CC#CCOCC[C@@H](NCl)c1ccccc1)c1ccccc1. The minimum Gasteiger partial charge on any atom is -0.369 e. The first-order valence-electron chi connectivity index (χ1n) is 9.78. The predicted molar refractivity (Wildman–Crippen MR) is 123 cm³/mol. The fourth-order valence-corrected chi connectivity index (χ4v) is 3.22. The number of rotatable bonds is 12. The quantitative estimate of drug-likeness (QED) is 0.281. The smallest absolute Gasteiger partial charge is 0.108 e. The number of hydrogen-bond acceptors (Lipinski definition) is 4. The highest BCUT2D eigenvalue weighted by molar-refractivity contribution is 6.13. The van der Waals surface area contributed by atoms with Gasteiger partial charge in [0.05, 0.1) is 0 Å². The second-order valence-electron chi connectivity index (χ2n) is 6.43. The van der Waals surface area contributed by atoms with E-state index in [0.29, 0.717) is 26.4 Å². The van der Waals surface area contributed by atoms with Gasteiger partial charge in [0, 0.05) is 25.3 Å². The minimum atomic E-state index is 0.0493. The van der Waals surface area contributed by atoms with Crippen LogP contribution in [0.1, 0.15) is 36.1 Å². The molecular formula is C24H26Cl2N2O2. The molecule has 0 spiro atoms. The lowest BCUT2D eigenvalue weighted by Gasteiger charge is -2.14. The van der Waals surface area contributed by atoms with Crippen LogP contribution in [0.2, 0.25) is 0 Å². The van der Waals surface area contributed by atoms with Gasteiger partial charge in [-0.2, -0.15) is 0 Å². The summed E-state index contributed by atoms with van der Waals surface area (Å²) in [5, 5.41) is 0. The Morgan fingerprint density at radius 2 is 1.07 bits per heavy atom. The largest absolute Gasteiger partial charge is 0.369 e. The van der Waals surface area contributed by atoms with Crippen LogP contribution in [-0.2, 0) is 9.47 Å². The van der Waals surface area contributed by atoms with Crippen molar-refractivity contribution in [3.63, 3.8) is 0 Å². The van der Waals surface area contributed by atoms with E-state index in [1.807, 2.05) is 60.7 Å². The van der Waals surface area contributed by atoms with E-state index in [9.17, 15) is 0 Å². The van der Waals surface area contributed by atoms with Gasteiger partial charge in [-0.1, -0.05) is 72.5 Å². The summed E-state index contributed by atoms with van der Waals surface area (Å²) < 4.78 is 11.0. The van der Waals surface area contributed by atoms with Gasteiger partial charge in [-0.25, -0.2) is 9.67 Å². The van der Waals surface area contributed by atoms with Crippen molar-refractivity contribution in [1.82, 2.24) is 9.67 Å². The maximum absolute atomic E-state index is 5.82. The van der Waals surface area contributed by atoms with Crippen LogP contribution in [0.25, 0.3) is 0 Å². The van der Waals surface area contributed by atoms with Crippen LogP contribution >= 0.6 is 23.6 Å². The predicted octanol–water partition coefficient (Wildman–Crippen LogP) is 4.78. The van der Waals surface area contributed by atoms with Crippen LogP contribution in [-0.4, -0.2) is 26.4 Å². The van der Waals surface area contributed by atoms with Crippen LogP contribution < -0.4 is 9.67 Å². The summed E-state index contributed by atoms with van der Waals surface area (Å²) in [6, 6.07) is 20.1. The summed E-state index contributed by atoms with van der Waals surface area (Å²) in [4.78, 5) is 5.56. The first-order chi connectivity index (χ1) is 14.8. The number of nitrogens with one attached hydrogen (secondary N) is 2. The first-order valence-corrected chi connectivity index (χ1v) is 10.5. The van der Waals surface area contributed by atoms with Crippen molar-refractivity contribution in [3.8, 4) is 23.7 Å². The molecule has 0 aliphatic heterocycles. The first kappa shape index (κ1) is 24.3. The van der Waals surface area contributed by atoms with Crippen LogP contribution in [0.5, 0.6) is 0 Å². The maximum atomic E-state index is 5.82. The van der Waals surface area contributed by atoms with Crippen LogP contribution in [0, 0.1) is 23.7 Å². The van der Waals surface area contributed by atoms with Crippen molar-refractivity contribution in [3.05, 3.63) is 71.8 Å². The zero-order valence-corrected chi connectivity index (χ0v) is 18.3. The third-order valence-electron chi connectivity index (χ3n) is 4.36. The summed E-state index contributed by atoms with van der Waals surface area (Å²) in [7, 11) is 0. The fraction of sp³-hybridized carbons (Fsp3) is 0.333. The summed E-state index contributed by atoms with van der Waals surface area (Å²) in [5.41, 5.74) is 2.26. The highest BCUT2D eigenvalue weighted by atomic mass is 35.5. The molecule has 2 aromatic carbocycles. The van der Waals surface area contributed by atoms with Gasteiger partial charge >= 0.3 is 0 Å². The molecule has 0 bridgehead atoms. The topological polar surface area (TPSA) is 42.5 Å². The van der Waals surface area contributed by atoms with Gasteiger partial charge in [0.2, 0.25) is 0 Å². The molecule has 2 rings (SSSR count). The fourth-order valence-electron chi connectivity index (χ4n) is 2.75. The summed E-state index contributed by atoms with van der Waals surface area (Å²) in [6.07, 6.45) is 1.52. The molecular weight excluding hydrogens is 419 g/mol. The average molecular weight is 445 g/mol. The van der Waals surface area contributed by atoms with Gasteiger partial charge in [-0.05, 0) is 59.4 Å². The molecule has 0 saturated carbocycles. The highest BCUT2D eigenvalue weighted by Gasteiger charge is 2.09. The van der Waals surface area contributed by atoms with E-state index < -0.39 is 0 Å². The van der Waals surface area contributed by atoms with Gasteiger partial charge in [0.25, 0.3) is 0 Å². The van der Waals surface area contributed by atoms with Gasteiger partial charge < -0.3 is 9.47 Å². The van der Waals surface area contributed by atoms with E-state index in [-0.39, 0.29) is 12.1 Å². The Morgan fingerprint density at radius 1 is 0.667 bits per heavy atom. The van der Waals surface area contributed by atoms with Crippen LogP contribution in [0.15, 0.2) is 60.7 Å². The van der Waals surface area contributed by atoms with Gasteiger partial charge in [-0.15, -0.1) is 0 Å². The number of hydrogen-bond donors (Lipinski definition) is 2. The molecule has 158 valence electrons. The number of benzene rings is 2. The van der Waals surface area contributed by atoms with Gasteiger partial charge in [-0.3, -0.25) is 0 Å². The molecule has 6 heteroatoms. The Hall–Kier alpha value is -2.02. The Kier molecular flexibility index (Phi) is 12.7. The zero-order chi connectivity index (χ0) is 21.3. The van der Waals surface area contributed by atoms with Crippen molar-refractivity contribution in [2.75, 3.05) is 26.4 Å². The van der Waals surface area contributed by atoms with Crippen LogP contribution in [0.4, 0.5) is 0 Å². The molecule has 2 atom stereocenters. The van der Waals surface area contributed by atoms with E-state index in [1.54, 1.807) is 0 Å². The second-order valence-corrected chi connectivity index (χ2v) is 6.87. The number of ether oxygens (including phenoxy) is 2. The molecule has 4 nitrogen and oxygen atoms in total. The summed E-state index contributed by atoms with van der Waals surface area (Å²) >= 11 is 11.6. The molecule has 0 aromatic heterocycles. The lowest BCUT2D eigenvalue weighted by molar-refractivity contribution is 0.156. The average Bonchev–Trinajstić information content (AvgIpc) is 2.81. The van der Waals surface area contributed by atoms with Gasteiger partial charge in [0.15, 0.2) is 0 Å². The van der Waals surface area contributed by atoms with E-state index >= 15 is 0 Å². The third kappa shape index (κ3) is 9.65. The lowest BCUT2D eigenvalue weighted by atomic mass is 10.1. The summed E-state index contributed by atoms with van der Waals surface area (Å²) in [5.74, 6) is 11.3. The molecule has 0 aliphatic carbocycles. The zero-order valence-electron chi connectivity index (χ0n) is 16.7. The molecule has 0 heterocycles. The van der Waals surface area contributed by atoms with Gasteiger partial charge in [0.1, 0.15) is 13.2 Å². The van der Waals surface area contributed by atoms with Crippen LogP contribution in [0.3, 0.4) is 0 Å².